The normalized spacial score (nSPS) is 20.8. The van der Waals surface area contributed by atoms with Crippen LogP contribution in [-0.4, -0.2) is 19.1 Å². The maximum atomic E-state index is 11.4. The molecule has 1 aromatic rings. The van der Waals surface area contributed by atoms with Gasteiger partial charge in [0.1, 0.15) is 6.04 Å². The van der Waals surface area contributed by atoms with Gasteiger partial charge in [-0.1, -0.05) is 0 Å². The van der Waals surface area contributed by atoms with Crippen LogP contribution in [0.15, 0.2) is 9.85 Å². The second-order valence-corrected chi connectivity index (χ2v) is 6.80. The number of ether oxygens (including phenoxy) is 1. The van der Waals surface area contributed by atoms with Crippen molar-refractivity contribution >= 4 is 33.2 Å². The van der Waals surface area contributed by atoms with Gasteiger partial charge in [0.2, 0.25) is 0 Å². The molecule has 3 nitrogen and oxygen atoms in total. The molecule has 1 heterocycles. The average Bonchev–Trinajstić information content (AvgIpc) is 2.69. The molecular formula is C12H16BrNO2S. The van der Waals surface area contributed by atoms with Gasteiger partial charge in [-0.2, -0.15) is 0 Å². The van der Waals surface area contributed by atoms with Gasteiger partial charge in [0.05, 0.1) is 10.9 Å². The van der Waals surface area contributed by atoms with Crippen molar-refractivity contribution in [2.75, 3.05) is 7.11 Å². The van der Waals surface area contributed by atoms with Crippen LogP contribution in [0.1, 0.15) is 36.2 Å². The Balaban J connectivity index is 2.10. The van der Waals surface area contributed by atoms with Crippen molar-refractivity contribution < 1.29 is 9.53 Å². The van der Waals surface area contributed by atoms with Crippen molar-refractivity contribution in [1.29, 1.82) is 0 Å². The molecular weight excluding hydrogens is 302 g/mol. The number of thiophene rings is 1. The van der Waals surface area contributed by atoms with Crippen molar-refractivity contribution in [2.24, 2.45) is 0 Å². The van der Waals surface area contributed by atoms with E-state index in [-0.39, 0.29) is 18.1 Å². The molecule has 0 spiro atoms. The van der Waals surface area contributed by atoms with Crippen LogP contribution < -0.4 is 5.32 Å². The summed E-state index contributed by atoms with van der Waals surface area (Å²) in [6.07, 6.45) is 3.40. The summed E-state index contributed by atoms with van der Waals surface area (Å²) in [5, 5.41) is 3.35. The summed E-state index contributed by atoms with van der Waals surface area (Å²) < 4.78 is 5.91. The van der Waals surface area contributed by atoms with Gasteiger partial charge in [0.15, 0.2) is 0 Å². The molecule has 94 valence electrons. The first-order valence-electron chi connectivity index (χ1n) is 5.73. The monoisotopic (exact) mass is 317 g/mol. The van der Waals surface area contributed by atoms with Gasteiger partial charge in [-0.3, -0.25) is 10.1 Å². The second kappa shape index (κ2) is 5.50. The van der Waals surface area contributed by atoms with Crippen LogP contribution in [0.5, 0.6) is 0 Å². The van der Waals surface area contributed by atoms with Gasteiger partial charge in [-0.05, 0) is 53.7 Å². The van der Waals surface area contributed by atoms with E-state index in [0.29, 0.717) is 0 Å². The lowest BCUT2D eigenvalue weighted by Crippen LogP contribution is -2.38. The number of fused-ring (bicyclic) bond motifs is 1. The summed E-state index contributed by atoms with van der Waals surface area (Å²) in [4.78, 5) is 12.8. The first-order chi connectivity index (χ1) is 8.11. The highest BCUT2D eigenvalue weighted by molar-refractivity contribution is 9.11. The topological polar surface area (TPSA) is 38.3 Å². The molecule has 0 amide bonds. The fraction of sp³-hybridized carbons (Fsp3) is 0.583. The fourth-order valence-corrected chi connectivity index (χ4v) is 4.06. The molecule has 2 atom stereocenters. The van der Waals surface area contributed by atoms with Crippen LogP contribution >= 0.6 is 27.3 Å². The quantitative estimate of drug-likeness (QED) is 0.871. The molecule has 1 aliphatic carbocycles. The average molecular weight is 318 g/mol. The number of aryl methyl sites for hydroxylation is 1. The van der Waals surface area contributed by atoms with Crippen molar-refractivity contribution in [1.82, 2.24) is 5.32 Å². The molecule has 1 aliphatic rings. The number of hydrogen-bond donors (Lipinski definition) is 1. The number of carbonyl (C=O) groups is 1. The summed E-state index contributed by atoms with van der Waals surface area (Å²) >= 11 is 5.32. The maximum absolute atomic E-state index is 11.4. The zero-order valence-corrected chi connectivity index (χ0v) is 12.4. The minimum atomic E-state index is -0.255. The van der Waals surface area contributed by atoms with Crippen LogP contribution in [0, 0.1) is 0 Å². The van der Waals surface area contributed by atoms with Gasteiger partial charge in [-0.15, -0.1) is 11.3 Å². The van der Waals surface area contributed by atoms with E-state index in [2.05, 4.69) is 27.3 Å². The van der Waals surface area contributed by atoms with E-state index in [1.807, 2.05) is 6.92 Å². The lowest BCUT2D eigenvalue weighted by atomic mass is 9.93. The van der Waals surface area contributed by atoms with Crippen LogP contribution in [0.4, 0.5) is 0 Å². The number of rotatable bonds is 3. The van der Waals surface area contributed by atoms with Gasteiger partial charge in [0.25, 0.3) is 0 Å². The molecule has 0 saturated carbocycles. The summed E-state index contributed by atoms with van der Waals surface area (Å²) in [6.45, 7) is 1.85. The van der Waals surface area contributed by atoms with Gasteiger partial charge < -0.3 is 4.74 Å². The first kappa shape index (κ1) is 13.1. The van der Waals surface area contributed by atoms with E-state index in [4.69, 9.17) is 4.74 Å². The molecule has 2 rings (SSSR count). The third kappa shape index (κ3) is 2.89. The van der Waals surface area contributed by atoms with Gasteiger partial charge in [-0.25, -0.2) is 0 Å². The number of halogens is 1. The Morgan fingerprint density at radius 3 is 3.18 bits per heavy atom. The van der Waals surface area contributed by atoms with Crippen LogP contribution in [0.3, 0.4) is 0 Å². The lowest BCUT2D eigenvalue weighted by Gasteiger charge is -2.26. The van der Waals surface area contributed by atoms with Crippen LogP contribution in [-0.2, 0) is 16.0 Å². The molecule has 0 bridgehead atoms. The van der Waals surface area contributed by atoms with Crippen molar-refractivity contribution in [2.45, 2.75) is 38.3 Å². The second-order valence-electron chi connectivity index (χ2n) is 4.29. The number of hydrogen-bond acceptors (Lipinski definition) is 4. The van der Waals surface area contributed by atoms with Crippen LogP contribution in [0.2, 0.25) is 0 Å². The fourth-order valence-electron chi connectivity index (χ4n) is 2.24. The Morgan fingerprint density at radius 2 is 2.47 bits per heavy atom. The molecule has 17 heavy (non-hydrogen) atoms. The summed E-state index contributed by atoms with van der Waals surface area (Å²) in [7, 11) is 1.42. The zero-order chi connectivity index (χ0) is 12.4. The molecule has 1 aromatic heterocycles. The highest BCUT2D eigenvalue weighted by Crippen LogP contribution is 2.38. The lowest BCUT2D eigenvalue weighted by molar-refractivity contribution is -0.142. The van der Waals surface area contributed by atoms with Crippen molar-refractivity contribution in [3.05, 3.63) is 20.3 Å². The number of nitrogens with one attached hydrogen (secondary N) is 1. The molecule has 2 unspecified atom stereocenters. The van der Waals surface area contributed by atoms with E-state index < -0.39 is 0 Å². The molecule has 0 saturated heterocycles. The van der Waals surface area contributed by atoms with Crippen molar-refractivity contribution in [3.63, 3.8) is 0 Å². The molecule has 1 N–H and O–H groups in total. The SMILES string of the molecule is COC(=O)C(C)NC1CCCc2sc(Br)cc21. The molecule has 0 fully saturated rings. The van der Waals surface area contributed by atoms with Crippen molar-refractivity contribution in [3.8, 4) is 0 Å². The zero-order valence-electron chi connectivity index (χ0n) is 9.96. The highest BCUT2D eigenvalue weighted by atomic mass is 79.9. The Hall–Kier alpha value is -0.390. The number of esters is 1. The Bertz CT molecular complexity index is 419. The van der Waals surface area contributed by atoms with E-state index in [0.717, 1.165) is 12.8 Å². The Morgan fingerprint density at radius 1 is 1.71 bits per heavy atom. The Kier molecular flexibility index (Phi) is 4.22. The Labute approximate surface area is 114 Å². The highest BCUT2D eigenvalue weighted by Gasteiger charge is 2.25. The van der Waals surface area contributed by atoms with E-state index in [1.165, 1.54) is 27.8 Å². The third-order valence-electron chi connectivity index (χ3n) is 3.09. The summed E-state index contributed by atoms with van der Waals surface area (Å²) in [5.41, 5.74) is 1.34. The van der Waals surface area contributed by atoms with E-state index in [9.17, 15) is 4.79 Å². The summed E-state index contributed by atoms with van der Waals surface area (Å²) in [6, 6.07) is 2.19. The standard InChI is InChI=1S/C12H16BrNO2S/c1-7(12(15)16-2)14-9-4-3-5-10-8(9)6-11(13)17-10/h6-7,9,14H,3-5H2,1-2H3. The predicted octanol–water partition coefficient (Wildman–Crippen LogP) is 3.04. The number of methoxy groups -OCH3 is 1. The molecule has 0 aliphatic heterocycles. The summed E-state index contributed by atoms with van der Waals surface area (Å²) in [5.74, 6) is -0.202. The van der Waals surface area contributed by atoms with Gasteiger partial charge in [0, 0.05) is 10.9 Å². The maximum Gasteiger partial charge on any atom is 0.322 e. The minimum absolute atomic E-state index is 0.202. The predicted molar refractivity (Wildman–Crippen MR) is 72.3 cm³/mol. The number of carbonyl (C=O) groups excluding carboxylic acids is 1. The van der Waals surface area contributed by atoms with E-state index >= 15 is 0 Å². The molecule has 0 radical (unpaired) electrons. The minimum Gasteiger partial charge on any atom is -0.468 e. The first-order valence-corrected chi connectivity index (χ1v) is 7.34. The smallest absolute Gasteiger partial charge is 0.322 e. The largest absolute Gasteiger partial charge is 0.468 e. The van der Waals surface area contributed by atoms with E-state index in [1.54, 1.807) is 11.3 Å². The molecule has 0 aromatic carbocycles. The third-order valence-corrected chi connectivity index (χ3v) is 4.80. The van der Waals surface area contributed by atoms with Crippen LogP contribution in [0.25, 0.3) is 0 Å². The molecule has 5 heteroatoms. The van der Waals surface area contributed by atoms with Gasteiger partial charge >= 0.3 is 5.97 Å².